The lowest BCUT2D eigenvalue weighted by Gasteiger charge is -2.42. The van der Waals surface area contributed by atoms with Crippen LogP contribution in [0.25, 0.3) is 0 Å². The maximum Gasteiger partial charge on any atom is 0.324 e. The largest absolute Gasteiger partial charge is 0.480 e. The first-order valence-corrected chi connectivity index (χ1v) is 5.62. The van der Waals surface area contributed by atoms with Gasteiger partial charge < -0.3 is 5.11 Å². The Morgan fingerprint density at radius 3 is 2.80 bits per heavy atom. The molecule has 0 heterocycles. The van der Waals surface area contributed by atoms with E-state index >= 15 is 0 Å². The highest BCUT2D eigenvalue weighted by atomic mass is 16.4. The van der Waals surface area contributed by atoms with E-state index in [2.05, 4.69) is 18.8 Å². The minimum Gasteiger partial charge on any atom is -0.480 e. The number of hydrogen-bond acceptors (Lipinski definition) is 2. The number of carbonyl (C=O) groups is 1. The van der Waals surface area contributed by atoms with Gasteiger partial charge in [0, 0.05) is 6.54 Å². The van der Waals surface area contributed by atoms with Crippen LogP contribution in [0.3, 0.4) is 0 Å². The predicted octanol–water partition coefficient (Wildman–Crippen LogP) is 2.04. The van der Waals surface area contributed by atoms with Crippen molar-refractivity contribution in [2.45, 2.75) is 38.6 Å². The highest BCUT2D eigenvalue weighted by Crippen LogP contribution is 2.37. The quantitative estimate of drug-likeness (QED) is 0.700. The summed E-state index contributed by atoms with van der Waals surface area (Å²) < 4.78 is 0. The first kappa shape index (κ1) is 12.2. The zero-order chi connectivity index (χ0) is 11.5. The zero-order valence-electron chi connectivity index (χ0n) is 9.62. The molecule has 0 aromatic rings. The van der Waals surface area contributed by atoms with Crippen LogP contribution < -0.4 is 5.32 Å². The Hall–Kier alpha value is -0.830. The molecule has 3 heteroatoms. The van der Waals surface area contributed by atoms with Crippen molar-refractivity contribution in [3.8, 4) is 0 Å². The Labute approximate surface area is 91.6 Å². The van der Waals surface area contributed by atoms with E-state index in [-0.39, 0.29) is 5.92 Å². The topological polar surface area (TPSA) is 49.3 Å². The summed E-state index contributed by atoms with van der Waals surface area (Å²) in [4.78, 5) is 11.4. The van der Waals surface area contributed by atoms with Gasteiger partial charge in [0.05, 0.1) is 0 Å². The second-order valence-corrected chi connectivity index (χ2v) is 4.73. The molecule has 0 aromatic heterocycles. The molecule has 3 nitrogen and oxygen atoms in total. The number of hydrogen-bond donors (Lipinski definition) is 2. The van der Waals surface area contributed by atoms with E-state index in [4.69, 9.17) is 0 Å². The van der Waals surface area contributed by atoms with Crippen LogP contribution in [0.5, 0.6) is 0 Å². The maximum absolute atomic E-state index is 11.4. The summed E-state index contributed by atoms with van der Waals surface area (Å²) in [5, 5.41) is 12.6. The van der Waals surface area contributed by atoms with E-state index in [1.807, 2.05) is 6.92 Å². The van der Waals surface area contributed by atoms with Crippen LogP contribution in [-0.2, 0) is 4.79 Å². The molecule has 3 atom stereocenters. The smallest absolute Gasteiger partial charge is 0.324 e. The van der Waals surface area contributed by atoms with E-state index in [1.165, 1.54) is 0 Å². The van der Waals surface area contributed by atoms with Crippen LogP contribution in [0, 0.1) is 11.8 Å². The van der Waals surface area contributed by atoms with E-state index < -0.39 is 11.5 Å². The van der Waals surface area contributed by atoms with E-state index in [0.29, 0.717) is 12.5 Å². The van der Waals surface area contributed by atoms with Crippen molar-refractivity contribution < 1.29 is 9.90 Å². The van der Waals surface area contributed by atoms with Gasteiger partial charge in [0.2, 0.25) is 0 Å². The van der Waals surface area contributed by atoms with Gasteiger partial charge in [-0.1, -0.05) is 26.3 Å². The van der Waals surface area contributed by atoms with Gasteiger partial charge in [-0.25, -0.2) is 0 Å². The number of rotatable bonds is 4. The molecule has 1 saturated carbocycles. The number of carboxylic acids is 1. The summed E-state index contributed by atoms with van der Waals surface area (Å²) in [5.41, 5.74) is -0.744. The van der Waals surface area contributed by atoms with Gasteiger partial charge >= 0.3 is 5.97 Å². The van der Waals surface area contributed by atoms with Crippen molar-refractivity contribution in [3.63, 3.8) is 0 Å². The average molecular weight is 211 g/mol. The molecular weight excluding hydrogens is 190 g/mol. The molecule has 0 amide bonds. The van der Waals surface area contributed by atoms with Crippen LogP contribution in [-0.4, -0.2) is 23.2 Å². The van der Waals surface area contributed by atoms with Crippen molar-refractivity contribution >= 4 is 5.97 Å². The minimum atomic E-state index is -0.744. The van der Waals surface area contributed by atoms with Crippen LogP contribution >= 0.6 is 0 Å². The molecule has 0 aromatic carbocycles. The molecular formula is C12H21NO2. The second kappa shape index (κ2) is 4.79. The third-order valence-corrected chi connectivity index (χ3v) is 3.55. The van der Waals surface area contributed by atoms with Crippen molar-refractivity contribution in [1.29, 1.82) is 0 Å². The van der Waals surface area contributed by atoms with Crippen molar-refractivity contribution in [3.05, 3.63) is 12.7 Å². The van der Waals surface area contributed by atoms with Gasteiger partial charge in [-0.3, -0.25) is 10.1 Å². The van der Waals surface area contributed by atoms with E-state index in [9.17, 15) is 9.90 Å². The van der Waals surface area contributed by atoms with Gasteiger partial charge in [-0.05, 0) is 24.7 Å². The van der Waals surface area contributed by atoms with Gasteiger partial charge in [-0.15, -0.1) is 6.58 Å². The fourth-order valence-electron chi connectivity index (χ4n) is 2.51. The lowest BCUT2D eigenvalue weighted by molar-refractivity contribution is -0.149. The average Bonchev–Trinajstić information content (AvgIpc) is 2.19. The van der Waals surface area contributed by atoms with Crippen LogP contribution in [0.1, 0.15) is 33.1 Å². The Kier molecular flexibility index (Phi) is 3.91. The second-order valence-electron chi connectivity index (χ2n) is 4.73. The first-order chi connectivity index (χ1) is 7.03. The summed E-state index contributed by atoms with van der Waals surface area (Å²) in [5.74, 6) is -0.0517. The molecule has 0 aliphatic heterocycles. The third-order valence-electron chi connectivity index (χ3n) is 3.55. The lowest BCUT2D eigenvalue weighted by atomic mass is 9.69. The summed E-state index contributed by atoms with van der Waals surface area (Å²) >= 11 is 0. The lowest BCUT2D eigenvalue weighted by Crippen LogP contribution is -2.59. The monoisotopic (exact) mass is 211 g/mol. The van der Waals surface area contributed by atoms with Gasteiger partial charge in [0.1, 0.15) is 5.54 Å². The molecule has 1 fully saturated rings. The standard InChI is InChI=1S/C12H21NO2/c1-4-7-13-12(11(14)15)8-9(2)5-6-10(12)3/h4,9-10,13H,1,5-8H2,2-3H3,(H,14,15). The predicted molar refractivity (Wildman–Crippen MR) is 60.7 cm³/mol. The van der Waals surface area contributed by atoms with Gasteiger partial charge in [-0.2, -0.15) is 0 Å². The molecule has 0 spiro atoms. The molecule has 15 heavy (non-hydrogen) atoms. The molecule has 2 N–H and O–H groups in total. The van der Waals surface area contributed by atoms with Gasteiger partial charge in [0.15, 0.2) is 0 Å². The zero-order valence-corrected chi connectivity index (χ0v) is 9.62. The molecule has 0 saturated heterocycles. The number of nitrogens with one attached hydrogen (secondary N) is 1. The van der Waals surface area contributed by atoms with Crippen LogP contribution in [0.2, 0.25) is 0 Å². The normalized spacial score (nSPS) is 36.1. The Balaban J connectivity index is 2.85. The summed E-state index contributed by atoms with van der Waals surface area (Å²) in [6.07, 6.45) is 4.55. The van der Waals surface area contributed by atoms with E-state index in [1.54, 1.807) is 6.08 Å². The molecule has 1 aliphatic rings. The minimum absolute atomic E-state index is 0.186. The third kappa shape index (κ3) is 2.40. The summed E-state index contributed by atoms with van der Waals surface area (Å²) in [6.45, 7) is 8.33. The molecule has 3 unspecified atom stereocenters. The van der Waals surface area contributed by atoms with Crippen molar-refractivity contribution in [1.82, 2.24) is 5.32 Å². The maximum atomic E-state index is 11.4. The summed E-state index contributed by atoms with van der Waals surface area (Å²) in [6, 6.07) is 0. The fraction of sp³-hybridized carbons (Fsp3) is 0.750. The summed E-state index contributed by atoms with van der Waals surface area (Å²) in [7, 11) is 0. The fourth-order valence-corrected chi connectivity index (χ4v) is 2.51. The number of carboxylic acid groups (broad SMARTS) is 1. The Morgan fingerprint density at radius 2 is 2.27 bits per heavy atom. The van der Waals surface area contributed by atoms with Crippen molar-refractivity contribution in [2.75, 3.05) is 6.54 Å². The van der Waals surface area contributed by atoms with Crippen LogP contribution in [0.4, 0.5) is 0 Å². The molecule has 1 aliphatic carbocycles. The Bertz CT molecular complexity index is 252. The molecule has 0 bridgehead atoms. The first-order valence-electron chi connectivity index (χ1n) is 5.62. The highest BCUT2D eigenvalue weighted by molar-refractivity contribution is 5.79. The Morgan fingerprint density at radius 1 is 1.60 bits per heavy atom. The van der Waals surface area contributed by atoms with Gasteiger partial charge in [0.25, 0.3) is 0 Å². The van der Waals surface area contributed by atoms with Crippen LogP contribution in [0.15, 0.2) is 12.7 Å². The molecule has 1 rings (SSSR count). The van der Waals surface area contributed by atoms with Crippen molar-refractivity contribution in [2.24, 2.45) is 11.8 Å². The molecule has 0 radical (unpaired) electrons. The van der Waals surface area contributed by atoms with E-state index in [0.717, 1.165) is 19.3 Å². The highest BCUT2D eigenvalue weighted by Gasteiger charge is 2.46. The number of aliphatic carboxylic acids is 1. The SMILES string of the molecule is C=CCNC1(C(=O)O)CC(C)CCC1C. The molecule has 86 valence electrons.